The second kappa shape index (κ2) is 6.32. The first-order chi connectivity index (χ1) is 8.69. The summed E-state index contributed by atoms with van der Waals surface area (Å²) in [6, 6.07) is 8.95. The second-order valence-corrected chi connectivity index (χ2v) is 5.45. The third-order valence-corrected chi connectivity index (χ3v) is 3.85. The molecule has 1 aromatic rings. The maximum atomic E-state index is 9.01. The van der Waals surface area contributed by atoms with Crippen molar-refractivity contribution in [3.63, 3.8) is 0 Å². The van der Waals surface area contributed by atoms with Crippen LogP contribution in [0.15, 0.2) is 24.3 Å². The molecule has 1 aliphatic rings. The molecule has 1 N–H and O–H groups in total. The van der Waals surface area contributed by atoms with Gasteiger partial charge in [-0.05, 0) is 44.6 Å². The van der Waals surface area contributed by atoms with Gasteiger partial charge in [0.25, 0.3) is 0 Å². The van der Waals surface area contributed by atoms with E-state index in [9.17, 15) is 0 Å². The quantitative estimate of drug-likeness (QED) is 0.859. The first-order valence-corrected chi connectivity index (χ1v) is 6.76. The van der Waals surface area contributed by atoms with Crippen LogP contribution < -0.4 is 0 Å². The van der Waals surface area contributed by atoms with Crippen LogP contribution in [0.4, 0.5) is 0 Å². The number of aliphatic hydroxyl groups is 1. The zero-order valence-corrected chi connectivity index (χ0v) is 11.5. The first kappa shape index (κ1) is 13.5. The summed E-state index contributed by atoms with van der Waals surface area (Å²) in [6.45, 7) is 3.49. The molecular weight excluding hydrogens is 224 g/mol. The second-order valence-electron chi connectivity index (χ2n) is 5.45. The lowest BCUT2D eigenvalue weighted by Gasteiger charge is -2.25. The zero-order chi connectivity index (χ0) is 13.0. The minimum absolute atomic E-state index is 0.128. The van der Waals surface area contributed by atoms with E-state index >= 15 is 0 Å². The number of aliphatic hydroxyl groups excluding tert-OH is 1. The number of nitrogens with zero attached hydrogens (tertiary/aromatic N) is 2. The molecule has 0 spiro atoms. The summed E-state index contributed by atoms with van der Waals surface area (Å²) in [5.41, 5.74) is 2.30. The summed E-state index contributed by atoms with van der Waals surface area (Å²) in [4.78, 5) is 4.85. The lowest BCUT2D eigenvalue weighted by Crippen LogP contribution is -2.36. The first-order valence-electron chi connectivity index (χ1n) is 6.76. The molecule has 1 unspecified atom stereocenters. The Hall–Kier alpha value is -0.900. The molecule has 3 heteroatoms. The molecule has 1 aliphatic heterocycles. The molecule has 1 aromatic carbocycles. The van der Waals surface area contributed by atoms with Crippen LogP contribution in [-0.2, 0) is 13.2 Å². The van der Waals surface area contributed by atoms with E-state index in [1.807, 2.05) is 12.1 Å². The van der Waals surface area contributed by atoms with E-state index in [4.69, 9.17) is 5.11 Å². The number of hydrogen-bond acceptors (Lipinski definition) is 3. The number of likely N-dealkylation sites (tertiary alicyclic amines) is 1. The number of benzene rings is 1. The Bertz CT molecular complexity index is 363. The summed E-state index contributed by atoms with van der Waals surface area (Å²) in [5.74, 6) is 0. The van der Waals surface area contributed by atoms with Gasteiger partial charge in [-0.2, -0.15) is 0 Å². The van der Waals surface area contributed by atoms with E-state index in [0.29, 0.717) is 6.04 Å². The van der Waals surface area contributed by atoms with Gasteiger partial charge in [0.1, 0.15) is 0 Å². The molecule has 100 valence electrons. The third-order valence-electron chi connectivity index (χ3n) is 3.85. The van der Waals surface area contributed by atoms with Crippen molar-refractivity contribution in [2.75, 3.05) is 27.2 Å². The van der Waals surface area contributed by atoms with E-state index in [-0.39, 0.29) is 6.61 Å². The van der Waals surface area contributed by atoms with Crippen LogP contribution in [0.2, 0.25) is 0 Å². The molecule has 1 heterocycles. The Morgan fingerprint density at radius 2 is 1.94 bits per heavy atom. The molecule has 0 amide bonds. The SMILES string of the molecule is CN(Cc1ccc(CO)cc1)CC1CCCN1C. The summed E-state index contributed by atoms with van der Waals surface area (Å²) >= 11 is 0. The van der Waals surface area contributed by atoms with Crippen LogP contribution in [0.1, 0.15) is 24.0 Å². The van der Waals surface area contributed by atoms with Gasteiger partial charge in [-0.15, -0.1) is 0 Å². The van der Waals surface area contributed by atoms with Crippen LogP contribution in [0, 0.1) is 0 Å². The van der Waals surface area contributed by atoms with E-state index in [1.165, 1.54) is 24.9 Å². The number of rotatable bonds is 5. The lowest BCUT2D eigenvalue weighted by atomic mass is 10.1. The number of hydrogen-bond donors (Lipinski definition) is 1. The largest absolute Gasteiger partial charge is 0.392 e. The van der Waals surface area contributed by atoms with E-state index < -0.39 is 0 Å². The molecule has 1 saturated heterocycles. The van der Waals surface area contributed by atoms with Crippen LogP contribution in [0.3, 0.4) is 0 Å². The highest BCUT2D eigenvalue weighted by atomic mass is 16.3. The van der Waals surface area contributed by atoms with Crippen LogP contribution >= 0.6 is 0 Å². The topological polar surface area (TPSA) is 26.7 Å². The van der Waals surface area contributed by atoms with Crippen molar-refractivity contribution in [1.29, 1.82) is 0 Å². The molecule has 0 radical (unpaired) electrons. The fraction of sp³-hybridized carbons (Fsp3) is 0.600. The maximum Gasteiger partial charge on any atom is 0.0681 e. The predicted molar refractivity (Wildman–Crippen MR) is 74.4 cm³/mol. The van der Waals surface area contributed by atoms with Gasteiger partial charge in [0.15, 0.2) is 0 Å². The molecule has 2 rings (SSSR count). The van der Waals surface area contributed by atoms with Crippen molar-refractivity contribution < 1.29 is 5.11 Å². The summed E-state index contributed by atoms with van der Waals surface area (Å²) in [7, 11) is 4.41. The van der Waals surface area contributed by atoms with Crippen molar-refractivity contribution >= 4 is 0 Å². The Labute approximate surface area is 110 Å². The van der Waals surface area contributed by atoms with Crippen molar-refractivity contribution in [1.82, 2.24) is 9.80 Å². The molecule has 18 heavy (non-hydrogen) atoms. The highest BCUT2D eigenvalue weighted by Crippen LogP contribution is 2.16. The summed E-state index contributed by atoms with van der Waals surface area (Å²) in [6.07, 6.45) is 2.66. The van der Waals surface area contributed by atoms with Crippen molar-refractivity contribution in [3.05, 3.63) is 35.4 Å². The van der Waals surface area contributed by atoms with Gasteiger partial charge in [-0.25, -0.2) is 0 Å². The molecule has 0 aromatic heterocycles. The molecule has 3 nitrogen and oxygen atoms in total. The Balaban J connectivity index is 1.84. The van der Waals surface area contributed by atoms with Crippen molar-refractivity contribution in [2.24, 2.45) is 0 Å². The molecule has 0 saturated carbocycles. The summed E-state index contributed by atoms with van der Waals surface area (Å²) in [5, 5.41) is 9.01. The highest BCUT2D eigenvalue weighted by Gasteiger charge is 2.21. The van der Waals surface area contributed by atoms with Crippen LogP contribution in [-0.4, -0.2) is 48.1 Å². The van der Waals surface area contributed by atoms with E-state index in [2.05, 4.69) is 36.0 Å². The van der Waals surface area contributed by atoms with Gasteiger partial charge in [0.2, 0.25) is 0 Å². The third kappa shape index (κ3) is 3.55. The highest BCUT2D eigenvalue weighted by molar-refractivity contribution is 5.21. The average molecular weight is 248 g/mol. The van der Waals surface area contributed by atoms with Gasteiger partial charge in [-0.3, -0.25) is 0 Å². The average Bonchev–Trinajstić information content (AvgIpc) is 2.76. The monoisotopic (exact) mass is 248 g/mol. The van der Waals surface area contributed by atoms with Gasteiger partial charge >= 0.3 is 0 Å². The maximum absolute atomic E-state index is 9.01. The molecule has 0 bridgehead atoms. The van der Waals surface area contributed by atoms with E-state index in [1.54, 1.807) is 0 Å². The van der Waals surface area contributed by atoms with Gasteiger partial charge in [0, 0.05) is 19.1 Å². The van der Waals surface area contributed by atoms with Crippen molar-refractivity contribution in [2.45, 2.75) is 32.0 Å². The number of likely N-dealkylation sites (N-methyl/N-ethyl adjacent to an activating group) is 2. The van der Waals surface area contributed by atoms with Gasteiger partial charge in [-0.1, -0.05) is 24.3 Å². The Morgan fingerprint density at radius 3 is 2.50 bits per heavy atom. The van der Waals surface area contributed by atoms with Crippen LogP contribution in [0.25, 0.3) is 0 Å². The summed E-state index contributed by atoms with van der Waals surface area (Å²) < 4.78 is 0. The van der Waals surface area contributed by atoms with Gasteiger partial charge < -0.3 is 14.9 Å². The van der Waals surface area contributed by atoms with E-state index in [0.717, 1.165) is 18.7 Å². The predicted octanol–water partition coefficient (Wildman–Crippen LogP) is 1.70. The van der Waals surface area contributed by atoms with Gasteiger partial charge in [0.05, 0.1) is 6.61 Å². The normalized spacial score (nSPS) is 20.8. The lowest BCUT2D eigenvalue weighted by molar-refractivity contribution is 0.215. The Kier molecular flexibility index (Phi) is 4.75. The standard InChI is InChI=1S/C15H24N2O/c1-16(11-15-4-3-9-17(15)2)10-13-5-7-14(12-18)8-6-13/h5-8,15,18H,3-4,9-12H2,1-2H3. The Morgan fingerprint density at radius 1 is 1.28 bits per heavy atom. The van der Waals surface area contributed by atoms with Crippen LogP contribution in [0.5, 0.6) is 0 Å². The smallest absolute Gasteiger partial charge is 0.0681 e. The fourth-order valence-corrected chi connectivity index (χ4v) is 2.70. The molecular formula is C15H24N2O. The van der Waals surface area contributed by atoms with Crippen molar-refractivity contribution in [3.8, 4) is 0 Å². The fourth-order valence-electron chi connectivity index (χ4n) is 2.70. The zero-order valence-electron chi connectivity index (χ0n) is 11.5. The molecule has 1 atom stereocenters. The molecule has 0 aliphatic carbocycles. The molecule has 1 fully saturated rings. The minimum Gasteiger partial charge on any atom is -0.392 e. The minimum atomic E-state index is 0.128.